The van der Waals surface area contributed by atoms with Gasteiger partial charge in [-0.3, -0.25) is 19.2 Å². The summed E-state index contributed by atoms with van der Waals surface area (Å²) in [4.78, 5) is 54.7. The molecular formula is C34H44O8. The zero-order valence-electron chi connectivity index (χ0n) is 26.3. The Morgan fingerprint density at radius 3 is 2.10 bits per heavy atom. The number of ketones is 4. The molecule has 1 aromatic rings. The second-order valence-electron chi connectivity index (χ2n) is 14.2. The molecule has 0 heterocycles. The largest absolute Gasteiger partial charge is 0.511 e. The molecule has 0 aromatic heterocycles. The van der Waals surface area contributed by atoms with Gasteiger partial charge in [-0.05, 0) is 35.7 Å². The Morgan fingerprint density at radius 2 is 1.62 bits per heavy atom. The van der Waals surface area contributed by atoms with Crippen LogP contribution in [-0.4, -0.2) is 49.2 Å². The Labute approximate surface area is 247 Å². The Balaban J connectivity index is 2.23. The van der Waals surface area contributed by atoms with E-state index >= 15 is 0 Å². The summed E-state index contributed by atoms with van der Waals surface area (Å²) in [6.45, 7) is 17.2. The topological polar surface area (TPSA) is 149 Å². The number of benzene rings is 1. The first-order valence-corrected chi connectivity index (χ1v) is 14.7. The second-order valence-corrected chi connectivity index (χ2v) is 14.2. The molecule has 0 radical (unpaired) electrons. The van der Waals surface area contributed by atoms with Gasteiger partial charge in [0.25, 0.3) is 0 Å². The van der Waals surface area contributed by atoms with Crippen molar-refractivity contribution in [3.8, 4) is 5.75 Å². The highest BCUT2D eigenvalue weighted by Gasteiger charge is 2.75. The van der Waals surface area contributed by atoms with Gasteiger partial charge in [0.1, 0.15) is 28.6 Å². The number of phenolic OH excluding ortho intramolecular Hbond substituents is 1. The molecule has 4 N–H and O–H groups in total. The van der Waals surface area contributed by atoms with Crippen LogP contribution in [0.5, 0.6) is 5.75 Å². The maximum atomic E-state index is 14.5. The first-order valence-electron chi connectivity index (χ1n) is 14.7. The van der Waals surface area contributed by atoms with Gasteiger partial charge >= 0.3 is 0 Å². The monoisotopic (exact) mass is 580 g/mol. The molecular weight excluding hydrogens is 536 g/mol. The van der Waals surface area contributed by atoms with Crippen molar-refractivity contribution in [3.63, 3.8) is 0 Å². The Morgan fingerprint density at radius 1 is 1.05 bits per heavy atom. The lowest BCUT2D eigenvalue weighted by Gasteiger charge is -2.65. The van der Waals surface area contributed by atoms with Crippen LogP contribution < -0.4 is 0 Å². The van der Waals surface area contributed by atoms with Crippen molar-refractivity contribution in [2.24, 2.45) is 28.6 Å². The quantitative estimate of drug-likeness (QED) is 0.319. The van der Waals surface area contributed by atoms with E-state index in [-0.39, 0.29) is 35.5 Å². The fraction of sp³-hybridized carbons (Fsp3) is 0.588. The number of phenols is 1. The number of hydrogen-bond acceptors (Lipinski definition) is 8. The van der Waals surface area contributed by atoms with Crippen LogP contribution in [0.1, 0.15) is 109 Å². The molecule has 42 heavy (non-hydrogen) atoms. The van der Waals surface area contributed by atoms with Crippen molar-refractivity contribution < 1.29 is 39.6 Å². The molecule has 3 aliphatic rings. The first kappa shape index (κ1) is 31.7. The minimum Gasteiger partial charge on any atom is -0.511 e. The summed E-state index contributed by atoms with van der Waals surface area (Å²) in [6.07, 6.45) is 0.00234. The molecule has 0 aliphatic heterocycles. The number of aliphatic hydroxyl groups is 3. The van der Waals surface area contributed by atoms with Gasteiger partial charge in [-0.1, -0.05) is 74.4 Å². The Bertz CT molecular complexity index is 1490. The first-order chi connectivity index (χ1) is 19.2. The van der Waals surface area contributed by atoms with E-state index in [1.54, 1.807) is 46.8 Å². The fourth-order valence-electron chi connectivity index (χ4n) is 8.55. The third kappa shape index (κ3) is 3.69. The molecule has 8 nitrogen and oxygen atoms in total. The van der Waals surface area contributed by atoms with E-state index < -0.39 is 80.0 Å². The van der Waals surface area contributed by atoms with Crippen molar-refractivity contribution >= 4 is 23.1 Å². The molecule has 0 saturated carbocycles. The number of allylic oxidation sites excluding steroid dienone is 2. The zero-order chi connectivity index (χ0) is 32.1. The maximum Gasteiger partial charge on any atom is 0.209 e. The summed E-state index contributed by atoms with van der Waals surface area (Å²) in [5.41, 5.74) is -6.18. The molecule has 4 rings (SSSR count). The summed E-state index contributed by atoms with van der Waals surface area (Å²) < 4.78 is 0. The highest BCUT2D eigenvalue weighted by Crippen LogP contribution is 2.71. The highest BCUT2D eigenvalue weighted by atomic mass is 16.4. The fourth-order valence-corrected chi connectivity index (χ4v) is 8.55. The number of hydrogen-bond donors (Lipinski definition) is 4. The lowest BCUT2D eigenvalue weighted by Crippen LogP contribution is -2.71. The normalized spacial score (nSPS) is 33.0. The van der Waals surface area contributed by atoms with E-state index in [9.17, 15) is 39.6 Å². The predicted octanol–water partition coefficient (Wildman–Crippen LogP) is 5.80. The van der Waals surface area contributed by atoms with Crippen LogP contribution in [0.4, 0.5) is 0 Å². The lowest BCUT2D eigenvalue weighted by atomic mass is 9.38. The van der Waals surface area contributed by atoms with Crippen LogP contribution in [0.15, 0.2) is 34.8 Å². The van der Waals surface area contributed by atoms with E-state index in [4.69, 9.17) is 0 Å². The van der Waals surface area contributed by atoms with Gasteiger partial charge in [0.2, 0.25) is 5.78 Å². The number of rotatable bonds is 5. The molecule has 1 unspecified atom stereocenters. The van der Waals surface area contributed by atoms with Crippen molar-refractivity contribution in [2.75, 3.05) is 0 Å². The van der Waals surface area contributed by atoms with Gasteiger partial charge in [-0.15, -0.1) is 0 Å². The summed E-state index contributed by atoms with van der Waals surface area (Å²) >= 11 is 0. The SMILES string of the molecule is CCC(=O)C[C@@H]1[C@]2(C)C(=C(O)[C@@]3(O)C(=O)C(C(C)=O)=C(O)C(C(C)C)[C@@]13C)C(=O)c1c(ccc(C(C)(C)C)c1O)[C@H]2C. The zero-order valence-corrected chi connectivity index (χ0v) is 26.3. The number of aromatic hydroxyl groups is 1. The van der Waals surface area contributed by atoms with Crippen LogP contribution in [0, 0.1) is 28.6 Å². The number of carbonyl (C=O) groups is 4. The number of Topliss-reactive ketones (excluding diaryl/α,β-unsaturated/α-hetero) is 4. The Kier molecular flexibility index (Phi) is 7.26. The van der Waals surface area contributed by atoms with Crippen LogP contribution in [0.3, 0.4) is 0 Å². The van der Waals surface area contributed by atoms with Gasteiger partial charge in [0.05, 0.1) is 5.56 Å². The standard InChI is InChI=1S/C34H44O8/c1-11-18(36)14-21-32(9)16(4)19-12-13-20(31(6,7)8)26(37)23(19)28(39)25(32)30(41)34(42)29(40)22(17(5)35)27(38)24(15(2)3)33(21,34)10/h12-13,15-16,21,24,37-38,41-42H,11,14H2,1-10H3/t16-,21-,24?,32-,33-,34+/m1/s1. The Hall–Kier alpha value is -3.26. The summed E-state index contributed by atoms with van der Waals surface area (Å²) in [6, 6.07) is 3.56. The molecule has 0 amide bonds. The minimum atomic E-state index is -2.80. The summed E-state index contributed by atoms with van der Waals surface area (Å²) in [7, 11) is 0. The molecule has 0 spiro atoms. The maximum absolute atomic E-state index is 14.5. The van der Waals surface area contributed by atoms with Gasteiger partial charge in [-0.2, -0.15) is 0 Å². The van der Waals surface area contributed by atoms with E-state index in [0.717, 1.165) is 6.92 Å². The number of aliphatic hydroxyl groups excluding tert-OH is 2. The van der Waals surface area contributed by atoms with Crippen molar-refractivity contribution in [2.45, 2.75) is 99.0 Å². The summed E-state index contributed by atoms with van der Waals surface area (Å²) in [5.74, 6) is -7.49. The van der Waals surface area contributed by atoms with Gasteiger partial charge in [0, 0.05) is 40.7 Å². The average Bonchev–Trinajstić information content (AvgIpc) is 2.86. The lowest BCUT2D eigenvalue weighted by molar-refractivity contribution is -0.193. The third-order valence-corrected chi connectivity index (χ3v) is 10.8. The van der Waals surface area contributed by atoms with Crippen LogP contribution in [0.25, 0.3) is 0 Å². The van der Waals surface area contributed by atoms with E-state index in [2.05, 4.69) is 0 Å². The third-order valence-electron chi connectivity index (χ3n) is 10.8. The van der Waals surface area contributed by atoms with Gasteiger partial charge in [-0.25, -0.2) is 0 Å². The number of fused-ring (bicyclic) bond motifs is 3. The van der Waals surface area contributed by atoms with Gasteiger partial charge in [0.15, 0.2) is 17.2 Å². The molecule has 228 valence electrons. The van der Waals surface area contributed by atoms with Crippen LogP contribution in [-0.2, 0) is 19.8 Å². The highest BCUT2D eigenvalue weighted by molar-refractivity contribution is 6.25. The molecule has 3 aliphatic carbocycles. The van der Waals surface area contributed by atoms with Crippen molar-refractivity contribution in [1.29, 1.82) is 0 Å². The summed E-state index contributed by atoms with van der Waals surface area (Å²) in [5, 5.41) is 47.6. The number of carbonyl (C=O) groups excluding carboxylic acids is 4. The molecule has 6 atom stereocenters. The molecule has 1 aromatic carbocycles. The van der Waals surface area contributed by atoms with E-state index in [1.807, 2.05) is 27.7 Å². The van der Waals surface area contributed by atoms with E-state index in [1.165, 1.54) is 0 Å². The van der Waals surface area contributed by atoms with Crippen molar-refractivity contribution in [1.82, 2.24) is 0 Å². The molecule has 0 saturated heterocycles. The predicted molar refractivity (Wildman–Crippen MR) is 157 cm³/mol. The van der Waals surface area contributed by atoms with Crippen LogP contribution >= 0.6 is 0 Å². The van der Waals surface area contributed by atoms with Crippen LogP contribution in [0.2, 0.25) is 0 Å². The molecule has 0 fully saturated rings. The van der Waals surface area contributed by atoms with Gasteiger partial charge < -0.3 is 20.4 Å². The molecule has 8 heteroatoms. The van der Waals surface area contributed by atoms with E-state index in [0.29, 0.717) is 11.1 Å². The van der Waals surface area contributed by atoms with Crippen molar-refractivity contribution in [3.05, 3.63) is 51.5 Å². The minimum absolute atomic E-state index is 0.0180. The smallest absolute Gasteiger partial charge is 0.209 e. The average molecular weight is 581 g/mol. The second kappa shape index (κ2) is 9.63. The molecule has 0 bridgehead atoms.